The molecular formula is C25H28N2O5S. The molecule has 1 unspecified atom stereocenters. The van der Waals surface area contributed by atoms with Crippen molar-refractivity contribution in [2.24, 2.45) is 0 Å². The van der Waals surface area contributed by atoms with Gasteiger partial charge in [0.1, 0.15) is 11.5 Å². The number of sulfonamides is 1. The van der Waals surface area contributed by atoms with E-state index in [0.29, 0.717) is 28.3 Å². The SMILES string of the molecule is COc1ccc(OC)c(C(C)NC(=O)c2cccc(NS(=O)(=O)c3ccc(C)cc3)c2C)c1. The van der Waals surface area contributed by atoms with Crippen LogP contribution >= 0.6 is 0 Å². The Labute approximate surface area is 194 Å². The number of benzene rings is 3. The van der Waals surface area contributed by atoms with Gasteiger partial charge >= 0.3 is 0 Å². The predicted molar refractivity (Wildman–Crippen MR) is 129 cm³/mol. The zero-order valence-electron chi connectivity index (χ0n) is 19.3. The van der Waals surface area contributed by atoms with Gasteiger partial charge in [-0.15, -0.1) is 0 Å². The quantitative estimate of drug-likeness (QED) is 0.503. The van der Waals surface area contributed by atoms with Crippen molar-refractivity contribution >= 4 is 21.6 Å². The normalized spacial score (nSPS) is 12.0. The van der Waals surface area contributed by atoms with E-state index in [1.165, 1.54) is 0 Å². The molecule has 0 saturated carbocycles. The molecule has 0 saturated heterocycles. The number of ether oxygens (including phenoxy) is 2. The number of aryl methyl sites for hydroxylation is 1. The monoisotopic (exact) mass is 468 g/mol. The first-order chi connectivity index (χ1) is 15.7. The van der Waals surface area contributed by atoms with Crippen molar-refractivity contribution in [3.8, 4) is 11.5 Å². The summed E-state index contributed by atoms with van der Waals surface area (Å²) in [4.78, 5) is 13.2. The standard InChI is InChI=1S/C25H28N2O5S/c1-16-9-12-20(13-10-16)33(29,30)27-23-8-6-7-21(17(23)2)25(28)26-18(3)22-15-19(31-4)11-14-24(22)32-5/h6-15,18,27H,1-5H3,(H,26,28). The van der Waals surface area contributed by atoms with Gasteiger partial charge < -0.3 is 14.8 Å². The Morgan fingerprint density at radius 1 is 0.939 bits per heavy atom. The smallest absolute Gasteiger partial charge is 0.261 e. The fraction of sp³-hybridized carbons (Fsp3) is 0.240. The third-order valence-electron chi connectivity index (χ3n) is 5.41. The van der Waals surface area contributed by atoms with Gasteiger partial charge in [0.05, 0.1) is 30.8 Å². The molecule has 0 aromatic heterocycles. The molecule has 3 aromatic rings. The summed E-state index contributed by atoms with van der Waals surface area (Å²) in [6.07, 6.45) is 0. The van der Waals surface area contributed by atoms with Gasteiger partial charge in [-0.3, -0.25) is 9.52 Å². The molecule has 1 atom stereocenters. The van der Waals surface area contributed by atoms with Crippen molar-refractivity contribution in [1.82, 2.24) is 5.32 Å². The number of amides is 1. The topological polar surface area (TPSA) is 93.7 Å². The second kappa shape index (κ2) is 9.95. The van der Waals surface area contributed by atoms with Crippen LogP contribution in [-0.2, 0) is 10.0 Å². The average molecular weight is 469 g/mol. The summed E-state index contributed by atoms with van der Waals surface area (Å²) in [5.74, 6) is 0.941. The zero-order chi connectivity index (χ0) is 24.2. The van der Waals surface area contributed by atoms with Crippen LogP contribution in [-0.4, -0.2) is 28.5 Å². The minimum absolute atomic E-state index is 0.154. The highest BCUT2D eigenvalue weighted by atomic mass is 32.2. The van der Waals surface area contributed by atoms with Crippen molar-refractivity contribution in [3.05, 3.63) is 82.9 Å². The zero-order valence-corrected chi connectivity index (χ0v) is 20.1. The van der Waals surface area contributed by atoms with E-state index in [-0.39, 0.29) is 16.8 Å². The lowest BCUT2D eigenvalue weighted by molar-refractivity contribution is 0.0939. The number of methoxy groups -OCH3 is 2. The lowest BCUT2D eigenvalue weighted by Crippen LogP contribution is -2.28. The molecule has 0 radical (unpaired) electrons. The van der Waals surface area contributed by atoms with Crippen LogP contribution in [0, 0.1) is 13.8 Å². The van der Waals surface area contributed by atoms with E-state index in [2.05, 4.69) is 10.0 Å². The largest absolute Gasteiger partial charge is 0.497 e. The molecule has 1 amide bonds. The molecule has 2 N–H and O–H groups in total. The van der Waals surface area contributed by atoms with Gasteiger partial charge in [-0.2, -0.15) is 0 Å². The lowest BCUT2D eigenvalue weighted by atomic mass is 10.0. The van der Waals surface area contributed by atoms with Crippen LogP contribution < -0.4 is 19.5 Å². The van der Waals surface area contributed by atoms with Crippen LogP contribution in [0.5, 0.6) is 11.5 Å². The van der Waals surface area contributed by atoms with Crippen LogP contribution in [0.2, 0.25) is 0 Å². The summed E-state index contributed by atoms with van der Waals surface area (Å²) in [5.41, 5.74) is 2.96. The second-order valence-electron chi connectivity index (χ2n) is 7.70. The fourth-order valence-electron chi connectivity index (χ4n) is 3.44. The third-order valence-corrected chi connectivity index (χ3v) is 6.79. The van der Waals surface area contributed by atoms with Gasteiger partial charge in [0.2, 0.25) is 0 Å². The molecule has 3 rings (SSSR count). The van der Waals surface area contributed by atoms with E-state index in [1.54, 1.807) is 75.7 Å². The first-order valence-electron chi connectivity index (χ1n) is 10.4. The van der Waals surface area contributed by atoms with Crippen molar-refractivity contribution in [2.45, 2.75) is 31.7 Å². The summed E-state index contributed by atoms with van der Waals surface area (Å²) >= 11 is 0. The molecule has 33 heavy (non-hydrogen) atoms. The van der Waals surface area contributed by atoms with Crippen LogP contribution in [0.1, 0.15) is 40.0 Å². The highest BCUT2D eigenvalue weighted by Crippen LogP contribution is 2.30. The van der Waals surface area contributed by atoms with Crippen molar-refractivity contribution in [1.29, 1.82) is 0 Å². The van der Waals surface area contributed by atoms with Crippen LogP contribution in [0.15, 0.2) is 65.6 Å². The number of nitrogens with one attached hydrogen (secondary N) is 2. The molecule has 3 aromatic carbocycles. The van der Waals surface area contributed by atoms with E-state index in [4.69, 9.17) is 9.47 Å². The minimum Gasteiger partial charge on any atom is -0.497 e. The Hall–Kier alpha value is -3.52. The predicted octanol–water partition coefficient (Wildman–Crippen LogP) is 4.61. The molecule has 0 bridgehead atoms. The highest BCUT2D eigenvalue weighted by molar-refractivity contribution is 7.92. The Balaban J connectivity index is 1.84. The summed E-state index contributed by atoms with van der Waals surface area (Å²) in [6.45, 7) is 5.44. The molecule has 7 nitrogen and oxygen atoms in total. The number of carbonyl (C=O) groups excluding carboxylic acids is 1. The second-order valence-corrected chi connectivity index (χ2v) is 9.38. The number of anilines is 1. The number of hydrogen-bond donors (Lipinski definition) is 2. The molecular weight excluding hydrogens is 440 g/mol. The Morgan fingerprint density at radius 3 is 2.27 bits per heavy atom. The molecule has 0 heterocycles. The number of rotatable bonds is 8. The van der Waals surface area contributed by atoms with E-state index >= 15 is 0 Å². The van der Waals surface area contributed by atoms with Gasteiger partial charge in [-0.25, -0.2) is 8.42 Å². The van der Waals surface area contributed by atoms with Gasteiger partial charge in [-0.1, -0.05) is 23.8 Å². The molecule has 0 aliphatic heterocycles. The molecule has 174 valence electrons. The van der Waals surface area contributed by atoms with Gasteiger partial charge in [0.25, 0.3) is 15.9 Å². The van der Waals surface area contributed by atoms with Crippen molar-refractivity contribution < 1.29 is 22.7 Å². The minimum atomic E-state index is -3.79. The van der Waals surface area contributed by atoms with E-state index < -0.39 is 10.0 Å². The maximum absolute atomic E-state index is 13.1. The number of hydrogen-bond acceptors (Lipinski definition) is 5. The molecule has 0 fully saturated rings. The fourth-order valence-corrected chi connectivity index (χ4v) is 4.57. The van der Waals surface area contributed by atoms with Crippen LogP contribution in [0.25, 0.3) is 0 Å². The summed E-state index contributed by atoms with van der Waals surface area (Å²) in [7, 11) is -0.656. The molecule has 0 aliphatic carbocycles. The molecule has 8 heteroatoms. The van der Waals surface area contributed by atoms with Gasteiger partial charge in [0, 0.05) is 11.1 Å². The van der Waals surface area contributed by atoms with Gasteiger partial charge in [-0.05, 0) is 68.8 Å². The first-order valence-corrected chi connectivity index (χ1v) is 11.9. The Bertz CT molecular complexity index is 1250. The molecule has 0 spiro atoms. The van der Waals surface area contributed by atoms with Crippen LogP contribution in [0.3, 0.4) is 0 Å². The van der Waals surface area contributed by atoms with E-state index in [0.717, 1.165) is 11.1 Å². The van der Waals surface area contributed by atoms with Crippen molar-refractivity contribution in [2.75, 3.05) is 18.9 Å². The summed E-state index contributed by atoms with van der Waals surface area (Å²) < 4.78 is 38.9. The Morgan fingerprint density at radius 2 is 1.64 bits per heavy atom. The van der Waals surface area contributed by atoms with Crippen molar-refractivity contribution in [3.63, 3.8) is 0 Å². The van der Waals surface area contributed by atoms with Crippen LogP contribution in [0.4, 0.5) is 5.69 Å². The molecule has 0 aliphatic rings. The maximum Gasteiger partial charge on any atom is 0.261 e. The summed E-state index contributed by atoms with van der Waals surface area (Å²) in [5, 5.41) is 2.96. The first kappa shape index (κ1) is 24.1. The maximum atomic E-state index is 13.1. The highest BCUT2D eigenvalue weighted by Gasteiger charge is 2.20. The Kier molecular flexibility index (Phi) is 7.28. The van der Waals surface area contributed by atoms with E-state index in [9.17, 15) is 13.2 Å². The van der Waals surface area contributed by atoms with Gasteiger partial charge in [0.15, 0.2) is 0 Å². The number of carbonyl (C=O) groups is 1. The van der Waals surface area contributed by atoms with E-state index in [1.807, 2.05) is 19.9 Å². The lowest BCUT2D eigenvalue weighted by Gasteiger charge is -2.19. The summed E-state index contributed by atoms with van der Waals surface area (Å²) in [6, 6.07) is 16.5. The third kappa shape index (κ3) is 5.46. The average Bonchev–Trinajstić information content (AvgIpc) is 2.80.